The van der Waals surface area contributed by atoms with Crippen LogP contribution >= 0.6 is 11.3 Å². The number of nitrogen functional groups attached to an aromatic ring is 1. The highest BCUT2D eigenvalue weighted by Crippen LogP contribution is 2.39. The monoisotopic (exact) mass is 283 g/mol. The Bertz CT molecular complexity index is 492. The van der Waals surface area contributed by atoms with Crippen LogP contribution in [0, 0.1) is 5.41 Å². The predicted octanol–water partition coefficient (Wildman–Crippen LogP) is 1.52. The summed E-state index contributed by atoms with van der Waals surface area (Å²) in [4.78, 5) is 19.0. The van der Waals surface area contributed by atoms with E-state index in [1.54, 1.807) is 11.8 Å². The van der Waals surface area contributed by atoms with E-state index in [2.05, 4.69) is 4.98 Å². The first-order valence-corrected chi connectivity index (χ1v) is 7.26. The number of nitrogens with zero attached hydrogens (tertiary/aromatic N) is 2. The Kier molecular flexibility index (Phi) is 3.35. The van der Waals surface area contributed by atoms with Crippen molar-refractivity contribution in [2.45, 2.75) is 39.7 Å². The van der Waals surface area contributed by atoms with Crippen LogP contribution in [0.25, 0.3) is 0 Å². The van der Waals surface area contributed by atoms with Gasteiger partial charge in [0.25, 0.3) is 5.91 Å². The summed E-state index contributed by atoms with van der Waals surface area (Å²) in [5, 5.41) is 10.8. The van der Waals surface area contributed by atoms with Crippen LogP contribution in [0.4, 0.5) is 5.13 Å². The van der Waals surface area contributed by atoms with Gasteiger partial charge >= 0.3 is 0 Å². The lowest BCUT2D eigenvalue weighted by Crippen LogP contribution is -2.40. The van der Waals surface area contributed by atoms with E-state index in [0.717, 1.165) is 5.69 Å². The van der Waals surface area contributed by atoms with Crippen LogP contribution < -0.4 is 5.73 Å². The van der Waals surface area contributed by atoms with Crippen LogP contribution in [0.3, 0.4) is 0 Å². The Balaban J connectivity index is 2.27. The maximum absolute atomic E-state index is 12.5. The second kappa shape index (κ2) is 4.45. The standard InChI is InChI=1S/C13H21N3O2S/c1-5-8-9(19-11(14)15-8)10(17)16-6-12(2,3)13(4,18)7-16/h18H,5-7H2,1-4H3,(H2,14,15)/t13-/m0/s1. The predicted molar refractivity (Wildman–Crippen MR) is 76.2 cm³/mol. The summed E-state index contributed by atoms with van der Waals surface area (Å²) in [5.74, 6) is -0.0723. The number of aliphatic hydroxyl groups is 1. The third-order valence-electron chi connectivity index (χ3n) is 4.07. The van der Waals surface area contributed by atoms with E-state index in [4.69, 9.17) is 5.73 Å². The maximum atomic E-state index is 12.5. The number of hydrogen-bond acceptors (Lipinski definition) is 5. The van der Waals surface area contributed by atoms with Crippen LogP contribution in [0.2, 0.25) is 0 Å². The van der Waals surface area contributed by atoms with Gasteiger partial charge in [-0.15, -0.1) is 0 Å². The number of aryl methyl sites for hydroxylation is 1. The van der Waals surface area contributed by atoms with E-state index >= 15 is 0 Å². The molecule has 1 saturated heterocycles. The molecule has 19 heavy (non-hydrogen) atoms. The van der Waals surface area contributed by atoms with E-state index < -0.39 is 5.60 Å². The van der Waals surface area contributed by atoms with Crippen molar-refractivity contribution in [3.05, 3.63) is 10.6 Å². The number of anilines is 1. The van der Waals surface area contributed by atoms with Gasteiger partial charge in [-0.2, -0.15) is 0 Å². The highest BCUT2D eigenvalue weighted by atomic mass is 32.1. The Morgan fingerprint density at radius 3 is 2.58 bits per heavy atom. The van der Waals surface area contributed by atoms with Crippen molar-refractivity contribution < 1.29 is 9.90 Å². The molecule has 1 aliphatic rings. The molecular weight excluding hydrogens is 262 g/mol. The number of hydrogen-bond donors (Lipinski definition) is 2. The van der Waals surface area contributed by atoms with Gasteiger partial charge in [0.05, 0.1) is 17.8 Å². The lowest BCUT2D eigenvalue weighted by molar-refractivity contribution is -0.0108. The van der Waals surface area contributed by atoms with E-state index in [0.29, 0.717) is 29.5 Å². The van der Waals surface area contributed by atoms with Crippen LogP contribution in [-0.2, 0) is 6.42 Å². The number of nitrogens with two attached hydrogens (primary N) is 1. The van der Waals surface area contributed by atoms with Gasteiger partial charge in [0.15, 0.2) is 5.13 Å². The molecule has 1 aromatic rings. The number of β-amino-alcohol motifs (C(OH)–C–C–N with tert-alkyl or cyclic N) is 1. The number of likely N-dealkylation sites (tertiary alicyclic amines) is 1. The second-order valence-electron chi connectivity index (χ2n) is 6.00. The molecule has 3 N–H and O–H groups in total. The molecular formula is C13H21N3O2S. The van der Waals surface area contributed by atoms with Crippen molar-refractivity contribution >= 4 is 22.4 Å². The molecule has 0 saturated carbocycles. The fraction of sp³-hybridized carbons (Fsp3) is 0.692. The van der Waals surface area contributed by atoms with Gasteiger partial charge in [-0.25, -0.2) is 4.98 Å². The Hall–Kier alpha value is -1.14. The molecule has 2 heterocycles. The van der Waals surface area contributed by atoms with Crippen molar-refractivity contribution in [3.63, 3.8) is 0 Å². The zero-order valence-electron chi connectivity index (χ0n) is 11.9. The average Bonchev–Trinajstić information content (AvgIpc) is 2.76. The summed E-state index contributed by atoms with van der Waals surface area (Å²) in [6.07, 6.45) is 0.683. The number of thiazole rings is 1. The quantitative estimate of drug-likeness (QED) is 0.862. The van der Waals surface area contributed by atoms with Gasteiger partial charge in [-0.3, -0.25) is 4.79 Å². The van der Waals surface area contributed by atoms with E-state index in [9.17, 15) is 9.90 Å². The molecule has 0 bridgehead atoms. The number of rotatable bonds is 2. The molecule has 0 unspecified atom stereocenters. The zero-order valence-corrected chi connectivity index (χ0v) is 12.7. The molecule has 5 nitrogen and oxygen atoms in total. The van der Waals surface area contributed by atoms with E-state index in [1.807, 2.05) is 20.8 Å². The maximum Gasteiger partial charge on any atom is 0.266 e. The number of amides is 1. The normalized spacial score (nSPS) is 25.8. The minimum absolute atomic E-state index is 0.0723. The molecule has 1 fully saturated rings. The van der Waals surface area contributed by atoms with Gasteiger partial charge in [0.1, 0.15) is 4.88 Å². The van der Waals surface area contributed by atoms with Gasteiger partial charge in [0, 0.05) is 12.0 Å². The highest BCUT2D eigenvalue weighted by Gasteiger charge is 2.49. The number of carbonyl (C=O) groups excluding carboxylic acids is 1. The SMILES string of the molecule is CCc1nc(N)sc1C(=O)N1CC(C)(C)[C@@](C)(O)C1. The summed E-state index contributed by atoms with van der Waals surface area (Å²) in [7, 11) is 0. The minimum Gasteiger partial charge on any atom is -0.388 e. The summed E-state index contributed by atoms with van der Waals surface area (Å²) in [5.41, 5.74) is 5.25. The molecule has 0 spiro atoms. The Morgan fingerprint density at radius 2 is 2.11 bits per heavy atom. The molecule has 0 aromatic carbocycles. The highest BCUT2D eigenvalue weighted by molar-refractivity contribution is 7.17. The van der Waals surface area contributed by atoms with Crippen LogP contribution in [-0.4, -0.2) is 39.6 Å². The van der Waals surface area contributed by atoms with Crippen molar-refractivity contribution in [2.75, 3.05) is 18.8 Å². The van der Waals surface area contributed by atoms with Gasteiger partial charge in [0.2, 0.25) is 0 Å². The molecule has 1 amide bonds. The van der Waals surface area contributed by atoms with Gasteiger partial charge in [-0.1, -0.05) is 32.1 Å². The molecule has 6 heteroatoms. The Morgan fingerprint density at radius 1 is 1.47 bits per heavy atom. The molecule has 106 valence electrons. The fourth-order valence-corrected chi connectivity index (χ4v) is 3.24. The van der Waals surface area contributed by atoms with Crippen molar-refractivity contribution in [2.24, 2.45) is 5.41 Å². The summed E-state index contributed by atoms with van der Waals surface area (Å²) >= 11 is 1.23. The minimum atomic E-state index is -0.870. The largest absolute Gasteiger partial charge is 0.388 e. The third kappa shape index (κ3) is 2.34. The summed E-state index contributed by atoms with van der Waals surface area (Å²) in [6, 6.07) is 0. The van der Waals surface area contributed by atoms with Crippen LogP contribution in [0.5, 0.6) is 0 Å². The molecule has 1 aliphatic heterocycles. The molecule has 0 aliphatic carbocycles. The molecule has 0 radical (unpaired) electrons. The lowest BCUT2D eigenvalue weighted by Gasteiger charge is -2.30. The summed E-state index contributed by atoms with van der Waals surface area (Å²) < 4.78 is 0. The Labute approximate surface area is 117 Å². The van der Waals surface area contributed by atoms with Gasteiger partial charge < -0.3 is 15.7 Å². The third-order valence-corrected chi connectivity index (χ3v) is 4.99. The number of carbonyl (C=O) groups is 1. The first-order chi connectivity index (χ1) is 8.68. The zero-order chi connectivity index (χ0) is 14.4. The summed E-state index contributed by atoms with van der Waals surface area (Å²) in [6.45, 7) is 8.57. The topological polar surface area (TPSA) is 79.5 Å². The van der Waals surface area contributed by atoms with E-state index in [1.165, 1.54) is 11.3 Å². The van der Waals surface area contributed by atoms with Crippen molar-refractivity contribution in [1.29, 1.82) is 0 Å². The molecule has 1 atom stereocenters. The van der Waals surface area contributed by atoms with Crippen molar-refractivity contribution in [3.8, 4) is 0 Å². The number of aromatic nitrogens is 1. The molecule has 1 aromatic heterocycles. The van der Waals surface area contributed by atoms with Crippen LogP contribution in [0.15, 0.2) is 0 Å². The average molecular weight is 283 g/mol. The van der Waals surface area contributed by atoms with E-state index in [-0.39, 0.29) is 11.3 Å². The second-order valence-corrected chi connectivity index (χ2v) is 7.03. The first-order valence-electron chi connectivity index (χ1n) is 6.45. The van der Waals surface area contributed by atoms with Crippen molar-refractivity contribution in [1.82, 2.24) is 9.88 Å². The van der Waals surface area contributed by atoms with Crippen LogP contribution in [0.1, 0.15) is 43.1 Å². The lowest BCUT2D eigenvalue weighted by atomic mass is 9.79. The smallest absolute Gasteiger partial charge is 0.266 e. The van der Waals surface area contributed by atoms with Gasteiger partial charge in [-0.05, 0) is 13.3 Å². The fourth-order valence-electron chi connectivity index (χ4n) is 2.35. The first kappa shape index (κ1) is 14.3. The molecule has 2 rings (SSSR count).